The Kier molecular flexibility index (Phi) is 5.15. The summed E-state index contributed by atoms with van der Waals surface area (Å²) in [6, 6.07) is 16.8. The van der Waals surface area contributed by atoms with Gasteiger partial charge in [-0.05, 0) is 81.1 Å². The maximum absolute atomic E-state index is 4.63. The van der Waals surface area contributed by atoms with Gasteiger partial charge < -0.3 is 15.5 Å². The lowest BCUT2D eigenvalue weighted by Crippen LogP contribution is -2.17. The Morgan fingerprint density at radius 1 is 0.750 bits per heavy atom. The molecular formula is C23H27N5. The molecule has 0 radical (unpaired) electrons. The summed E-state index contributed by atoms with van der Waals surface area (Å²) in [5.74, 6) is 1.38. The zero-order valence-corrected chi connectivity index (χ0v) is 16.8. The summed E-state index contributed by atoms with van der Waals surface area (Å²) in [6.45, 7) is 8.52. The number of rotatable bonds is 5. The molecule has 2 heterocycles. The fraction of sp³-hybridized carbons (Fsp3) is 0.304. The lowest BCUT2D eigenvalue weighted by atomic mass is 10.1. The van der Waals surface area contributed by atoms with Crippen LogP contribution in [0.5, 0.6) is 0 Å². The average molecular weight is 374 g/mol. The zero-order chi connectivity index (χ0) is 19.5. The van der Waals surface area contributed by atoms with Crippen molar-refractivity contribution in [3.05, 3.63) is 65.4 Å². The lowest BCUT2D eigenvalue weighted by molar-refractivity contribution is 0.949. The van der Waals surface area contributed by atoms with Crippen LogP contribution in [0.3, 0.4) is 0 Å². The Morgan fingerprint density at radius 3 is 2.18 bits per heavy atom. The van der Waals surface area contributed by atoms with Crippen molar-refractivity contribution in [1.29, 1.82) is 0 Å². The van der Waals surface area contributed by atoms with Crippen molar-refractivity contribution < 1.29 is 0 Å². The van der Waals surface area contributed by atoms with Gasteiger partial charge in [0.15, 0.2) is 0 Å². The van der Waals surface area contributed by atoms with Crippen molar-refractivity contribution in [3.63, 3.8) is 0 Å². The van der Waals surface area contributed by atoms with Crippen molar-refractivity contribution in [1.82, 2.24) is 9.97 Å². The molecule has 2 N–H and O–H groups in total. The molecule has 0 aliphatic carbocycles. The van der Waals surface area contributed by atoms with Gasteiger partial charge in [0.05, 0.1) is 0 Å². The van der Waals surface area contributed by atoms with Crippen LogP contribution >= 0.6 is 0 Å². The number of anilines is 5. The molecule has 3 aromatic rings. The Morgan fingerprint density at radius 2 is 1.46 bits per heavy atom. The minimum absolute atomic E-state index is 0.597. The summed E-state index contributed by atoms with van der Waals surface area (Å²) < 4.78 is 0. The van der Waals surface area contributed by atoms with E-state index in [0.29, 0.717) is 5.95 Å². The van der Waals surface area contributed by atoms with E-state index in [4.69, 9.17) is 0 Å². The second kappa shape index (κ2) is 7.89. The van der Waals surface area contributed by atoms with Crippen molar-refractivity contribution >= 4 is 28.8 Å². The first-order chi connectivity index (χ1) is 13.6. The first-order valence-corrected chi connectivity index (χ1v) is 9.89. The summed E-state index contributed by atoms with van der Waals surface area (Å²) in [6.07, 6.45) is 2.58. The molecular weight excluding hydrogens is 346 g/mol. The maximum Gasteiger partial charge on any atom is 0.229 e. The molecule has 5 nitrogen and oxygen atoms in total. The molecule has 5 heteroatoms. The Balaban J connectivity index is 1.49. The predicted molar refractivity (Wildman–Crippen MR) is 117 cm³/mol. The molecule has 1 saturated heterocycles. The van der Waals surface area contributed by atoms with Crippen LogP contribution in [0.2, 0.25) is 0 Å². The Bertz CT molecular complexity index is 959. The van der Waals surface area contributed by atoms with Gasteiger partial charge in [0.25, 0.3) is 0 Å². The largest absolute Gasteiger partial charge is 0.372 e. The van der Waals surface area contributed by atoms with Gasteiger partial charge in [-0.3, -0.25) is 0 Å². The lowest BCUT2D eigenvalue weighted by Gasteiger charge is -2.18. The molecule has 0 unspecified atom stereocenters. The quantitative estimate of drug-likeness (QED) is 0.619. The Labute approximate surface area is 166 Å². The van der Waals surface area contributed by atoms with Gasteiger partial charge in [-0.2, -0.15) is 4.98 Å². The van der Waals surface area contributed by atoms with Crippen LogP contribution in [-0.2, 0) is 0 Å². The summed E-state index contributed by atoms with van der Waals surface area (Å²) in [7, 11) is 0. The van der Waals surface area contributed by atoms with Gasteiger partial charge in [0.1, 0.15) is 5.82 Å². The van der Waals surface area contributed by atoms with Gasteiger partial charge in [0, 0.05) is 41.9 Å². The highest BCUT2D eigenvalue weighted by Crippen LogP contribution is 2.24. The van der Waals surface area contributed by atoms with E-state index in [1.54, 1.807) is 0 Å². The van der Waals surface area contributed by atoms with Gasteiger partial charge >= 0.3 is 0 Å². The molecule has 1 aliphatic heterocycles. The number of aromatic nitrogens is 2. The number of nitrogens with one attached hydrogen (secondary N) is 2. The minimum atomic E-state index is 0.597. The highest BCUT2D eigenvalue weighted by atomic mass is 15.2. The monoisotopic (exact) mass is 373 g/mol. The van der Waals surface area contributed by atoms with Crippen LogP contribution in [0.4, 0.5) is 28.8 Å². The van der Waals surface area contributed by atoms with E-state index < -0.39 is 0 Å². The standard InChI is InChI=1S/C23H27N5/c1-16-6-7-20(14-17(16)2)26-23-24-18(3)15-22(27-23)25-19-8-10-21(11-9-19)28-12-4-5-13-28/h6-11,14-15H,4-5,12-13H2,1-3H3,(H2,24,25,26,27). The molecule has 0 amide bonds. The molecule has 0 atom stereocenters. The fourth-order valence-corrected chi connectivity index (χ4v) is 3.52. The molecule has 1 fully saturated rings. The van der Waals surface area contributed by atoms with E-state index in [0.717, 1.165) is 36.0 Å². The third-order valence-corrected chi connectivity index (χ3v) is 5.23. The minimum Gasteiger partial charge on any atom is -0.372 e. The normalized spacial score (nSPS) is 13.6. The summed E-state index contributed by atoms with van der Waals surface area (Å²) in [5.41, 5.74) is 6.74. The molecule has 1 aliphatic rings. The van der Waals surface area contributed by atoms with Gasteiger partial charge in [-0.15, -0.1) is 0 Å². The smallest absolute Gasteiger partial charge is 0.229 e. The molecule has 0 spiro atoms. The summed E-state index contributed by atoms with van der Waals surface area (Å²) >= 11 is 0. The number of aryl methyl sites for hydroxylation is 3. The molecule has 144 valence electrons. The first-order valence-electron chi connectivity index (χ1n) is 9.89. The van der Waals surface area contributed by atoms with Gasteiger partial charge in [-0.25, -0.2) is 4.98 Å². The SMILES string of the molecule is Cc1cc(Nc2ccc(N3CCCC3)cc2)nc(Nc2ccc(C)c(C)c2)n1. The molecule has 2 aromatic carbocycles. The summed E-state index contributed by atoms with van der Waals surface area (Å²) in [5, 5.41) is 6.72. The van der Waals surface area contributed by atoms with E-state index in [1.807, 2.05) is 13.0 Å². The fourth-order valence-electron chi connectivity index (χ4n) is 3.52. The highest BCUT2D eigenvalue weighted by Gasteiger charge is 2.12. The van der Waals surface area contributed by atoms with Crippen LogP contribution < -0.4 is 15.5 Å². The van der Waals surface area contributed by atoms with Crippen LogP contribution in [0.25, 0.3) is 0 Å². The molecule has 1 aromatic heterocycles. The van der Waals surface area contributed by atoms with Crippen LogP contribution in [0, 0.1) is 20.8 Å². The highest BCUT2D eigenvalue weighted by molar-refractivity contribution is 5.63. The number of nitrogens with zero attached hydrogens (tertiary/aromatic N) is 3. The Hall–Kier alpha value is -3.08. The van der Waals surface area contributed by atoms with Crippen molar-refractivity contribution in [2.75, 3.05) is 28.6 Å². The third kappa shape index (κ3) is 4.25. The van der Waals surface area contributed by atoms with Crippen LogP contribution in [0.15, 0.2) is 48.5 Å². The second-order valence-corrected chi connectivity index (χ2v) is 7.51. The van der Waals surface area contributed by atoms with E-state index in [1.165, 1.54) is 29.7 Å². The number of hydrogen-bond acceptors (Lipinski definition) is 5. The first kappa shape index (κ1) is 18.3. The van der Waals surface area contributed by atoms with Gasteiger partial charge in [0.2, 0.25) is 5.95 Å². The topological polar surface area (TPSA) is 53.1 Å². The van der Waals surface area contributed by atoms with Crippen molar-refractivity contribution in [3.8, 4) is 0 Å². The van der Waals surface area contributed by atoms with Crippen LogP contribution in [0.1, 0.15) is 29.7 Å². The van der Waals surface area contributed by atoms with Crippen molar-refractivity contribution in [2.45, 2.75) is 33.6 Å². The second-order valence-electron chi connectivity index (χ2n) is 7.51. The zero-order valence-electron chi connectivity index (χ0n) is 16.8. The van der Waals surface area contributed by atoms with E-state index in [9.17, 15) is 0 Å². The van der Waals surface area contributed by atoms with E-state index in [-0.39, 0.29) is 0 Å². The molecule has 0 saturated carbocycles. The van der Waals surface area contributed by atoms with Crippen LogP contribution in [-0.4, -0.2) is 23.1 Å². The maximum atomic E-state index is 4.63. The number of hydrogen-bond donors (Lipinski definition) is 2. The molecule has 0 bridgehead atoms. The average Bonchev–Trinajstić information content (AvgIpc) is 3.20. The number of benzene rings is 2. The summed E-state index contributed by atoms with van der Waals surface area (Å²) in [4.78, 5) is 11.6. The van der Waals surface area contributed by atoms with Crippen molar-refractivity contribution in [2.24, 2.45) is 0 Å². The van der Waals surface area contributed by atoms with E-state index in [2.05, 4.69) is 81.8 Å². The molecule has 28 heavy (non-hydrogen) atoms. The molecule has 4 rings (SSSR count). The third-order valence-electron chi connectivity index (χ3n) is 5.23. The van der Waals surface area contributed by atoms with E-state index >= 15 is 0 Å². The van der Waals surface area contributed by atoms with Gasteiger partial charge in [-0.1, -0.05) is 6.07 Å². The predicted octanol–water partition coefficient (Wildman–Crippen LogP) is 5.49.